The van der Waals surface area contributed by atoms with Crippen LogP contribution in [0.25, 0.3) is 0 Å². The second-order valence-electron chi connectivity index (χ2n) is 2.87. The lowest BCUT2D eigenvalue weighted by Crippen LogP contribution is -2.39. The lowest BCUT2D eigenvalue weighted by molar-refractivity contribution is 0.240. The number of hydrogen-bond acceptors (Lipinski definition) is 2. The smallest absolute Gasteiger partial charge is 0.00884 e. The quantitative estimate of drug-likeness (QED) is 0.726. The van der Waals surface area contributed by atoms with Gasteiger partial charge >= 0.3 is 0 Å². The van der Waals surface area contributed by atoms with Gasteiger partial charge in [-0.3, -0.25) is 0 Å². The Morgan fingerprint density at radius 3 is 1.47 bits per heavy atom. The fourth-order valence-corrected chi connectivity index (χ4v) is 1.30. The number of rotatable bonds is 1. The average molecular weight is 218 g/mol. The second-order valence-corrected chi connectivity index (χ2v) is 2.87. The Balaban J connectivity index is -0.000000208. The maximum Gasteiger partial charge on any atom is 0.00884 e. The number of hydrogen-bond donors (Lipinski definition) is 1. The third-order valence-electron chi connectivity index (χ3n) is 2.13. The van der Waals surface area contributed by atoms with Crippen LogP contribution in [0.2, 0.25) is 0 Å². The Morgan fingerprint density at radius 2 is 1.20 bits per heavy atom. The van der Waals surface area contributed by atoms with Crippen molar-refractivity contribution >= 4 is 0 Å². The molecule has 1 N–H and O–H groups in total. The molecular weight excluding hydrogens is 184 g/mol. The van der Waals surface area contributed by atoms with Gasteiger partial charge in [-0.2, -0.15) is 0 Å². The molecule has 0 aromatic rings. The van der Waals surface area contributed by atoms with Crippen molar-refractivity contribution in [3.63, 3.8) is 0 Å². The molecule has 1 aliphatic heterocycles. The fourth-order valence-electron chi connectivity index (χ4n) is 1.30. The summed E-state index contributed by atoms with van der Waals surface area (Å²) in [5.41, 5.74) is 0. The van der Waals surface area contributed by atoms with Crippen molar-refractivity contribution in [1.29, 1.82) is 0 Å². The van der Waals surface area contributed by atoms with Gasteiger partial charge in [0.05, 0.1) is 0 Å². The zero-order chi connectivity index (χ0) is 12.7. The number of nitrogens with one attached hydrogen (secondary N) is 1. The third-order valence-corrected chi connectivity index (χ3v) is 2.13. The first kappa shape index (κ1) is 20.3. The molecular formula is C13H34N2. The van der Waals surface area contributed by atoms with E-state index in [9.17, 15) is 0 Å². The van der Waals surface area contributed by atoms with E-state index in [0.29, 0.717) is 0 Å². The molecule has 1 aliphatic rings. The van der Waals surface area contributed by atoms with E-state index in [-0.39, 0.29) is 0 Å². The summed E-state index contributed by atoms with van der Waals surface area (Å²) in [4.78, 5) is 2.38. The summed E-state index contributed by atoms with van der Waals surface area (Å²) in [5, 5.41) is 3.30. The Hall–Kier alpha value is -0.0800. The van der Waals surface area contributed by atoms with E-state index < -0.39 is 0 Å². The molecule has 2 heteroatoms. The molecule has 0 amide bonds. The van der Waals surface area contributed by atoms with Crippen molar-refractivity contribution in [2.75, 3.05) is 27.2 Å². The standard InChI is InChI=1S/C7H16N2.3C2H6/c1-8-7-3-5-9(2)6-4-7;3*1-2/h7-8H,3-6H2,1-2H3;3*1-2H3. The topological polar surface area (TPSA) is 15.3 Å². The summed E-state index contributed by atoms with van der Waals surface area (Å²) in [5.74, 6) is 0. The van der Waals surface area contributed by atoms with Crippen LogP contribution < -0.4 is 5.32 Å². The van der Waals surface area contributed by atoms with E-state index >= 15 is 0 Å². The monoisotopic (exact) mass is 218 g/mol. The molecule has 0 aromatic carbocycles. The van der Waals surface area contributed by atoms with E-state index in [1.54, 1.807) is 0 Å². The molecule has 0 aromatic heterocycles. The number of nitrogens with zero attached hydrogens (tertiary/aromatic N) is 1. The highest BCUT2D eigenvalue weighted by molar-refractivity contribution is 4.73. The largest absolute Gasteiger partial charge is 0.317 e. The lowest BCUT2D eigenvalue weighted by atomic mass is 10.1. The van der Waals surface area contributed by atoms with E-state index in [1.807, 2.05) is 41.5 Å². The minimum Gasteiger partial charge on any atom is -0.317 e. The van der Waals surface area contributed by atoms with Gasteiger partial charge in [0.1, 0.15) is 0 Å². The van der Waals surface area contributed by atoms with Crippen molar-refractivity contribution in [2.24, 2.45) is 0 Å². The second kappa shape index (κ2) is 19.5. The molecule has 1 rings (SSSR count). The van der Waals surface area contributed by atoms with Crippen LogP contribution in [0.15, 0.2) is 0 Å². The van der Waals surface area contributed by atoms with Gasteiger partial charge in [0.15, 0.2) is 0 Å². The molecule has 0 unspecified atom stereocenters. The Kier molecular flexibility index (Phi) is 26.4. The summed E-state index contributed by atoms with van der Waals surface area (Å²) >= 11 is 0. The average Bonchev–Trinajstić information content (AvgIpc) is 2.38. The highest BCUT2D eigenvalue weighted by Gasteiger charge is 2.13. The lowest BCUT2D eigenvalue weighted by Gasteiger charge is -2.28. The normalized spacial score (nSPS) is 16.0. The molecule has 1 heterocycles. The van der Waals surface area contributed by atoms with E-state index in [0.717, 1.165) is 6.04 Å². The molecule has 0 radical (unpaired) electrons. The molecule has 1 fully saturated rings. The van der Waals surface area contributed by atoms with Gasteiger partial charge in [-0.05, 0) is 40.0 Å². The third kappa shape index (κ3) is 13.9. The Bertz CT molecular complexity index is 76.6. The molecule has 96 valence electrons. The number of likely N-dealkylation sites (tertiary alicyclic amines) is 1. The summed E-state index contributed by atoms with van der Waals surface area (Å²) in [6.45, 7) is 14.5. The van der Waals surface area contributed by atoms with Crippen LogP contribution >= 0.6 is 0 Å². The molecule has 0 bridgehead atoms. The van der Waals surface area contributed by atoms with Crippen LogP contribution in [0.3, 0.4) is 0 Å². The molecule has 2 nitrogen and oxygen atoms in total. The zero-order valence-corrected chi connectivity index (χ0v) is 12.4. The van der Waals surface area contributed by atoms with Gasteiger partial charge in [-0.1, -0.05) is 41.5 Å². The molecule has 0 atom stereocenters. The van der Waals surface area contributed by atoms with Crippen molar-refractivity contribution in [3.8, 4) is 0 Å². The van der Waals surface area contributed by atoms with Gasteiger partial charge < -0.3 is 10.2 Å². The predicted molar refractivity (Wildman–Crippen MR) is 73.6 cm³/mol. The predicted octanol–water partition coefficient (Wildman–Crippen LogP) is 3.38. The van der Waals surface area contributed by atoms with Crippen LogP contribution in [-0.2, 0) is 0 Å². The van der Waals surface area contributed by atoms with Crippen LogP contribution in [0.4, 0.5) is 0 Å². The number of piperidine rings is 1. The maximum absolute atomic E-state index is 3.30. The summed E-state index contributed by atoms with van der Waals surface area (Å²) in [6, 6.07) is 0.779. The van der Waals surface area contributed by atoms with Crippen LogP contribution in [0.5, 0.6) is 0 Å². The summed E-state index contributed by atoms with van der Waals surface area (Å²) in [7, 11) is 4.24. The highest BCUT2D eigenvalue weighted by atomic mass is 15.1. The molecule has 0 aliphatic carbocycles. The molecule has 0 saturated carbocycles. The van der Waals surface area contributed by atoms with E-state index in [4.69, 9.17) is 0 Å². The molecule has 15 heavy (non-hydrogen) atoms. The van der Waals surface area contributed by atoms with Gasteiger partial charge in [-0.25, -0.2) is 0 Å². The van der Waals surface area contributed by atoms with Crippen molar-refractivity contribution in [1.82, 2.24) is 10.2 Å². The zero-order valence-electron chi connectivity index (χ0n) is 12.4. The van der Waals surface area contributed by atoms with Crippen molar-refractivity contribution < 1.29 is 0 Å². The van der Waals surface area contributed by atoms with E-state index in [1.165, 1.54) is 25.9 Å². The van der Waals surface area contributed by atoms with Crippen LogP contribution in [0.1, 0.15) is 54.4 Å². The summed E-state index contributed by atoms with van der Waals surface area (Å²) in [6.07, 6.45) is 2.62. The first-order valence-electron chi connectivity index (χ1n) is 6.68. The Morgan fingerprint density at radius 1 is 0.867 bits per heavy atom. The van der Waals surface area contributed by atoms with Gasteiger partial charge in [0, 0.05) is 6.04 Å². The first-order valence-corrected chi connectivity index (χ1v) is 6.68. The van der Waals surface area contributed by atoms with Gasteiger partial charge in [0.25, 0.3) is 0 Å². The van der Waals surface area contributed by atoms with E-state index in [2.05, 4.69) is 24.3 Å². The van der Waals surface area contributed by atoms with Crippen molar-refractivity contribution in [3.05, 3.63) is 0 Å². The molecule has 1 saturated heterocycles. The van der Waals surface area contributed by atoms with Gasteiger partial charge in [-0.15, -0.1) is 0 Å². The SMILES string of the molecule is CC.CC.CC.CNC1CCN(C)CC1. The van der Waals surface area contributed by atoms with Crippen LogP contribution in [-0.4, -0.2) is 38.1 Å². The van der Waals surface area contributed by atoms with Gasteiger partial charge in [0.2, 0.25) is 0 Å². The first-order chi connectivity index (χ1) is 7.33. The fraction of sp³-hybridized carbons (Fsp3) is 1.00. The Labute approximate surface area is 98.4 Å². The minimum atomic E-state index is 0.779. The molecule has 0 spiro atoms. The highest BCUT2D eigenvalue weighted by Crippen LogP contribution is 2.06. The van der Waals surface area contributed by atoms with Crippen molar-refractivity contribution in [2.45, 2.75) is 60.4 Å². The minimum absolute atomic E-state index is 0.779. The maximum atomic E-state index is 3.30. The van der Waals surface area contributed by atoms with Crippen LogP contribution in [0, 0.1) is 0 Å². The summed E-state index contributed by atoms with van der Waals surface area (Å²) < 4.78 is 0.